The lowest BCUT2D eigenvalue weighted by Crippen LogP contribution is -2.09. The van der Waals surface area contributed by atoms with Crippen molar-refractivity contribution in [2.75, 3.05) is 6.61 Å². The first kappa shape index (κ1) is 30.1. The van der Waals surface area contributed by atoms with Gasteiger partial charge < -0.3 is 9.47 Å². The van der Waals surface area contributed by atoms with E-state index in [1.54, 1.807) is 0 Å². The molecule has 0 atom stereocenters. The monoisotopic (exact) mass is 482 g/mol. The van der Waals surface area contributed by atoms with E-state index in [2.05, 4.69) is 6.92 Å². The summed E-state index contributed by atoms with van der Waals surface area (Å²) in [5.74, 6) is -2.09. The van der Waals surface area contributed by atoms with Crippen molar-refractivity contribution in [3.05, 3.63) is 35.4 Å². The van der Waals surface area contributed by atoms with Crippen molar-refractivity contribution in [1.29, 1.82) is 0 Å². The number of carbonyl (C=O) groups excluding carboxylic acids is 2. The Balaban J connectivity index is 1.87. The van der Waals surface area contributed by atoms with E-state index >= 15 is 0 Å². The smallest absolute Gasteiger partial charge is 0.306 e. The first-order chi connectivity index (χ1) is 16.5. The number of ether oxygens (including phenoxy) is 2. The Morgan fingerprint density at radius 2 is 1.18 bits per heavy atom. The number of esters is 2. The third kappa shape index (κ3) is 16.6. The quantitative estimate of drug-likeness (QED) is 0.131. The molecule has 34 heavy (non-hydrogen) atoms. The summed E-state index contributed by atoms with van der Waals surface area (Å²) in [4.78, 5) is 23.5. The Labute approximate surface area is 204 Å². The molecule has 1 aromatic rings. The maximum Gasteiger partial charge on any atom is 0.306 e. The van der Waals surface area contributed by atoms with Crippen molar-refractivity contribution in [3.63, 3.8) is 0 Å². The standard InChI is InChI=1S/C28H44F2O4/c1-2-3-4-5-6-7-8-9-10-11-12-13-14-15-21-33-27(31)17-16-18-28(32)34-23-24-22-25(29)19-20-26(24)30/h19-20,22H,2-18,21,23H2,1H3. The molecule has 0 aliphatic heterocycles. The first-order valence-corrected chi connectivity index (χ1v) is 13.3. The van der Waals surface area contributed by atoms with Crippen LogP contribution < -0.4 is 0 Å². The van der Waals surface area contributed by atoms with Crippen molar-refractivity contribution in [2.24, 2.45) is 0 Å². The molecule has 0 radical (unpaired) electrons. The normalized spacial score (nSPS) is 10.9. The number of hydrogen-bond donors (Lipinski definition) is 0. The van der Waals surface area contributed by atoms with Gasteiger partial charge in [-0.05, 0) is 31.0 Å². The third-order valence-corrected chi connectivity index (χ3v) is 5.92. The second-order valence-electron chi connectivity index (χ2n) is 9.07. The van der Waals surface area contributed by atoms with E-state index in [9.17, 15) is 18.4 Å². The lowest BCUT2D eigenvalue weighted by Gasteiger charge is -2.07. The van der Waals surface area contributed by atoms with E-state index in [1.807, 2.05) is 0 Å². The summed E-state index contributed by atoms with van der Waals surface area (Å²) in [6, 6.07) is 2.99. The van der Waals surface area contributed by atoms with Crippen LogP contribution in [0.2, 0.25) is 0 Å². The largest absolute Gasteiger partial charge is 0.466 e. The van der Waals surface area contributed by atoms with Gasteiger partial charge in [-0.2, -0.15) is 0 Å². The molecule has 0 saturated heterocycles. The lowest BCUT2D eigenvalue weighted by atomic mass is 10.0. The molecular formula is C28H44F2O4. The second kappa shape index (κ2) is 20.4. The van der Waals surface area contributed by atoms with Crippen LogP contribution in [0.3, 0.4) is 0 Å². The number of hydrogen-bond acceptors (Lipinski definition) is 4. The summed E-state index contributed by atoms with van der Waals surface area (Å²) in [5.41, 5.74) is -0.0130. The molecule has 0 aliphatic rings. The van der Waals surface area contributed by atoms with Crippen LogP contribution in [0.25, 0.3) is 0 Å². The van der Waals surface area contributed by atoms with Gasteiger partial charge in [0.05, 0.1) is 6.61 Å². The molecule has 0 aliphatic carbocycles. The molecule has 0 heterocycles. The molecule has 0 N–H and O–H groups in total. The van der Waals surface area contributed by atoms with Gasteiger partial charge in [-0.25, -0.2) is 8.78 Å². The van der Waals surface area contributed by atoms with E-state index in [1.165, 1.54) is 77.0 Å². The average molecular weight is 483 g/mol. The highest BCUT2D eigenvalue weighted by molar-refractivity contribution is 5.72. The van der Waals surface area contributed by atoms with Crippen LogP contribution in [-0.2, 0) is 25.7 Å². The summed E-state index contributed by atoms with van der Waals surface area (Å²) in [6.07, 6.45) is 18.4. The van der Waals surface area contributed by atoms with Gasteiger partial charge in [0.1, 0.15) is 18.2 Å². The van der Waals surface area contributed by atoms with Crippen molar-refractivity contribution < 1.29 is 27.8 Å². The number of rotatable bonds is 21. The van der Waals surface area contributed by atoms with E-state index in [4.69, 9.17) is 9.47 Å². The third-order valence-electron chi connectivity index (χ3n) is 5.92. The molecule has 6 heteroatoms. The topological polar surface area (TPSA) is 52.6 Å². The Morgan fingerprint density at radius 1 is 0.676 bits per heavy atom. The fourth-order valence-electron chi connectivity index (χ4n) is 3.82. The highest BCUT2D eigenvalue weighted by atomic mass is 19.1. The van der Waals surface area contributed by atoms with E-state index < -0.39 is 17.6 Å². The van der Waals surface area contributed by atoms with Crippen LogP contribution in [0.1, 0.15) is 122 Å². The van der Waals surface area contributed by atoms with Gasteiger partial charge in [-0.15, -0.1) is 0 Å². The molecule has 0 spiro atoms. The molecule has 0 amide bonds. The zero-order valence-electron chi connectivity index (χ0n) is 21.1. The van der Waals surface area contributed by atoms with Gasteiger partial charge >= 0.3 is 11.9 Å². The molecular weight excluding hydrogens is 438 g/mol. The number of benzene rings is 1. The van der Waals surface area contributed by atoms with Crippen LogP contribution in [0.5, 0.6) is 0 Å². The van der Waals surface area contributed by atoms with Crippen LogP contribution in [0.15, 0.2) is 18.2 Å². The minimum atomic E-state index is -0.624. The summed E-state index contributed by atoms with van der Waals surface area (Å²) < 4.78 is 36.7. The zero-order valence-corrected chi connectivity index (χ0v) is 21.1. The summed E-state index contributed by atoms with van der Waals surface area (Å²) in [5, 5.41) is 0. The average Bonchev–Trinajstić information content (AvgIpc) is 2.82. The molecule has 194 valence electrons. The van der Waals surface area contributed by atoms with Crippen molar-refractivity contribution >= 4 is 11.9 Å². The predicted octanol–water partition coefficient (Wildman–Crippen LogP) is 8.20. The lowest BCUT2D eigenvalue weighted by molar-refractivity contribution is -0.146. The molecule has 0 fully saturated rings. The minimum Gasteiger partial charge on any atom is -0.466 e. The zero-order chi connectivity index (χ0) is 24.9. The Hall–Kier alpha value is -1.98. The summed E-state index contributed by atoms with van der Waals surface area (Å²) >= 11 is 0. The Kier molecular flexibility index (Phi) is 18.0. The van der Waals surface area contributed by atoms with Crippen LogP contribution in [-0.4, -0.2) is 18.5 Å². The van der Waals surface area contributed by atoms with Gasteiger partial charge in [0.25, 0.3) is 0 Å². The van der Waals surface area contributed by atoms with E-state index in [0.717, 1.165) is 31.0 Å². The van der Waals surface area contributed by atoms with Gasteiger partial charge in [-0.3, -0.25) is 9.59 Å². The summed E-state index contributed by atoms with van der Waals surface area (Å²) in [7, 11) is 0. The molecule has 0 aromatic heterocycles. The number of unbranched alkanes of at least 4 members (excludes halogenated alkanes) is 13. The van der Waals surface area contributed by atoms with Crippen LogP contribution in [0, 0.1) is 11.6 Å². The van der Waals surface area contributed by atoms with Gasteiger partial charge in [-0.1, -0.05) is 90.4 Å². The molecule has 0 saturated carbocycles. The molecule has 1 aromatic carbocycles. The van der Waals surface area contributed by atoms with Gasteiger partial charge in [0.2, 0.25) is 0 Å². The van der Waals surface area contributed by atoms with Crippen LogP contribution >= 0.6 is 0 Å². The highest BCUT2D eigenvalue weighted by Crippen LogP contribution is 2.14. The predicted molar refractivity (Wildman–Crippen MR) is 131 cm³/mol. The number of halogens is 2. The van der Waals surface area contributed by atoms with Crippen molar-refractivity contribution in [1.82, 2.24) is 0 Å². The van der Waals surface area contributed by atoms with Crippen molar-refractivity contribution in [3.8, 4) is 0 Å². The van der Waals surface area contributed by atoms with Gasteiger partial charge in [0.15, 0.2) is 0 Å². The molecule has 4 nitrogen and oxygen atoms in total. The van der Waals surface area contributed by atoms with E-state index in [0.29, 0.717) is 13.0 Å². The summed E-state index contributed by atoms with van der Waals surface area (Å²) in [6.45, 7) is 2.34. The first-order valence-electron chi connectivity index (χ1n) is 13.3. The maximum absolute atomic E-state index is 13.5. The fraction of sp³-hybridized carbons (Fsp3) is 0.714. The second-order valence-corrected chi connectivity index (χ2v) is 9.07. The van der Waals surface area contributed by atoms with E-state index in [-0.39, 0.29) is 31.0 Å². The Bertz CT molecular complexity index is 678. The molecule has 1 rings (SSSR count). The minimum absolute atomic E-state index is 0.0130. The maximum atomic E-state index is 13.5. The SMILES string of the molecule is CCCCCCCCCCCCCCCCOC(=O)CCCC(=O)OCc1cc(F)ccc1F. The molecule has 0 bridgehead atoms. The fourth-order valence-corrected chi connectivity index (χ4v) is 3.82. The highest BCUT2D eigenvalue weighted by Gasteiger charge is 2.10. The van der Waals surface area contributed by atoms with Gasteiger partial charge in [0, 0.05) is 18.4 Å². The number of carbonyl (C=O) groups is 2. The van der Waals surface area contributed by atoms with Crippen molar-refractivity contribution in [2.45, 2.75) is 123 Å². The molecule has 0 unspecified atom stereocenters. The van der Waals surface area contributed by atoms with Crippen LogP contribution in [0.4, 0.5) is 8.78 Å². The Morgan fingerprint density at radius 3 is 1.74 bits per heavy atom.